The van der Waals surface area contributed by atoms with E-state index in [2.05, 4.69) is 0 Å². The molecule has 0 amide bonds. The van der Waals surface area contributed by atoms with Gasteiger partial charge >= 0.3 is 6.18 Å². The quantitative estimate of drug-likeness (QED) is 0.728. The van der Waals surface area contributed by atoms with E-state index in [0.29, 0.717) is 18.3 Å². The van der Waals surface area contributed by atoms with E-state index in [9.17, 15) is 21.6 Å². The minimum atomic E-state index is -4.48. The average Bonchev–Trinajstić information content (AvgIpc) is 2.94. The zero-order valence-corrected chi connectivity index (χ0v) is 15.0. The predicted octanol–water partition coefficient (Wildman–Crippen LogP) is 1.92. The van der Waals surface area contributed by atoms with Crippen molar-refractivity contribution < 1.29 is 26.3 Å². The third-order valence-electron chi connectivity index (χ3n) is 4.47. The summed E-state index contributed by atoms with van der Waals surface area (Å²) in [6.07, 6.45) is -4.48. The summed E-state index contributed by atoms with van der Waals surface area (Å²) in [7, 11) is -1.75. The van der Waals surface area contributed by atoms with Crippen LogP contribution in [0.4, 0.5) is 18.9 Å². The fourth-order valence-electron chi connectivity index (χ4n) is 3.36. The van der Waals surface area contributed by atoms with E-state index in [4.69, 9.17) is 17.0 Å². The molecule has 1 aromatic rings. The number of alkyl halides is 3. The van der Waals surface area contributed by atoms with Crippen molar-refractivity contribution in [2.24, 2.45) is 0 Å². The Labute approximate surface area is 149 Å². The lowest BCUT2D eigenvalue weighted by Crippen LogP contribution is -2.39. The first-order chi connectivity index (χ1) is 11.6. The molecule has 2 atom stereocenters. The van der Waals surface area contributed by atoms with Gasteiger partial charge in [0.2, 0.25) is 0 Å². The number of thiocarbonyl (C=S) groups is 1. The van der Waals surface area contributed by atoms with E-state index >= 15 is 0 Å². The molecule has 0 aromatic heterocycles. The maximum atomic E-state index is 13.0. The molecule has 0 unspecified atom stereocenters. The lowest BCUT2D eigenvalue weighted by atomic mass is 10.1. The molecule has 10 heteroatoms. The first kappa shape index (κ1) is 18.4. The summed E-state index contributed by atoms with van der Waals surface area (Å²) in [5, 5.41) is 0.335. The van der Waals surface area contributed by atoms with Crippen LogP contribution in [0.5, 0.6) is 0 Å². The fourth-order valence-corrected chi connectivity index (χ4v) is 5.78. The number of benzene rings is 1. The smallest absolute Gasteiger partial charge is 0.383 e. The van der Waals surface area contributed by atoms with Gasteiger partial charge in [-0.2, -0.15) is 13.2 Å². The Morgan fingerprint density at radius 1 is 1.28 bits per heavy atom. The van der Waals surface area contributed by atoms with Crippen LogP contribution in [0.2, 0.25) is 0 Å². The summed E-state index contributed by atoms with van der Waals surface area (Å²) in [6.45, 7) is 0.737. The van der Waals surface area contributed by atoms with Gasteiger partial charge < -0.3 is 14.5 Å². The Hall–Kier alpha value is -1.39. The summed E-state index contributed by atoms with van der Waals surface area (Å²) >= 11 is 5.44. The summed E-state index contributed by atoms with van der Waals surface area (Å²) < 4.78 is 68.2. The molecule has 2 aliphatic rings. The second kappa shape index (κ2) is 6.40. The Morgan fingerprint density at radius 3 is 2.60 bits per heavy atom. The largest absolute Gasteiger partial charge is 0.416 e. The van der Waals surface area contributed by atoms with Crippen molar-refractivity contribution >= 4 is 32.9 Å². The van der Waals surface area contributed by atoms with Gasteiger partial charge in [0.1, 0.15) is 0 Å². The zero-order chi connectivity index (χ0) is 18.4. The highest BCUT2D eigenvalue weighted by Gasteiger charge is 2.52. The van der Waals surface area contributed by atoms with Crippen LogP contribution in [0.25, 0.3) is 0 Å². The number of halogens is 3. The van der Waals surface area contributed by atoms with Gasteiger partial charge in [0.25, 0.3) is 0 Å². The molecule has 25 heavy (non-hydrogen) atoms. The normalized spacial score (nSPS) is 25.5. The highest BCUT2D eigenvalue weighted by atomic mass is 32.2. The minimum absolute atomic E-state index is 0.0585. The molecule has 0 saturated carbocycles. The number of hydrogen-bond donors (Lipinski definition) is 0. The van der Waals surface area contributed by atoms with Crippen LogP contribution in [0.15, 0.2) is 24.3 Å². The third kappa shape index (κ3) is 3.47. The second-order valence-electron chi connectivity index (χ2n) is 6.10. The van der Waals surface area contributed by atoms with E-state index in [0.717, 1.165) is 12.1 Å². The number of ether oxygens (including phenoxy) is 1. The number of sulfone groups is 1. The van der Waals surface area contributed by atoms with Crippen molar-refractivity contribution in [3.63, 3.8) is 0 Å². The predicted molar refractivity (Wildman–Crippen MR) is 91.3 cm³/mol. The van der Waals surface area contributed by atoms with Gasteiger partial charge in [0.05, 0.1) is 35.8 Å². The van der Waals surface area contributed by atoms with E-state index in [1.165, 1.54) is 24.1 Å². The molecule has 0 radical (unpaired) electrons. The number of anilines is 1. The Bertz CT molecular complexity index is 782. The molecule has 2 fully saturated rings. The highest BCUT2D eigenvalue weighted by Crippen LogP contribution is 2.37. The molecule has 0 spiro atoms. The van der Waals surface area contributed by atoms with Crippen molar-refractivity contribution in [1.82, 2.24) is 4.90 Å². The monoisotopic (exact) mass is 394 g/mol. The first-order valence-corrected chi connectivity index (χ1v) is 9.83. The van der Waals surface area contributed by atoms with Crippen molar-refractivity contribution in [2.75, 3.05) is 36.7 Å². The second-order valence-corrected chi connectivity index (χ2v) is 8.62. The minimum Gasteiger partial charge on any atom is -0.383 e. The van der Waals surface area contributed by atoms with E-state index < -0.39 is 27.6 Å². The van der Waals surface area contributed by atoms with Gasteiger partial charge in [-0.1, -0.05) is 6.07 Å². The lowest BCUT2D eigenvalue weighted by molar-refractivity contribution is -0.137. The van der Waals surface area contributed by atoms with Crippen LogP contribution in [0.1, 0.15) is 5.56 Å². The molecule has 2 aliphatic heterocycles. The van der Waals surface area contributed by atoms with E-state index in [-0.39, 0.29) is 23.2 Å². The number of nitrogens with zero attached hydrogens (tertiary/aromatic N) is 2. The van der Waals surface area contributed by atoms with Crippen LogP contribution in [-0.2, 0) is 20.8 Å². The van der Waals surface area contributed by atoms with E-state index in [1.54, 1.807) is 4.90 Å². The fraction of sp³-hybridized carbons (Fsp3) is 0.533. The van der Waals surface area contributed by atoms with Crippen LogP contribution in [0.3, 0.4) is 0 Å². The maximum absolute atomic E-state index is 13.0. The van der Waals surface area contributed by atoms with Crippen molar-refractivity contribution in [1.29, 1.82) is 0 Å². The van der Waals surface area contributed by atoms with Crippen molar-refractivity contribution in [3.8, 4) is 0 Å². The number of hydrogen-bond acceptors (Lipinski definition) is 4. The number of methoxy groups -OCH3 is 1. The third-order valence-corrected chi connectivity index (χ3v) is 6.60. The maximum Gasteiger partial charge on any atom is 0.416 e. The van der Waals surface area contributed by atoms with Crippen molar-refractivity contribution in [3.05, 3.63) is 29.8 Å². The van der Waals surface area contributed by atoms with Gasteiger partial charge in [0, 0.05) is 19.3 Å². The summed E-state index contributed by atoms with van der Waals surface area (Å²) in [5.74, 6) is -0.186. The van der Waals surface area contributed by atoms with Gasteiger partial charge in [0.15, 0.2) is 14.9 Å². The standard InChI is InChI=1S/C15H17F3N2O3S2/c1-23-6-5-19-12-8-25(21,22)9-13(12)20(14(19)24)11-4-2-3-10(7-11)15(16,17)18/h2-4,7,12-13H,5-6,8-9H2,1H3/t12-,13-/m1/s1. The topological polar surface area (TPSA) is 49.9 Å². The summed E-state index contributed by atoms with van der Waals surface area (Å²) in [5.41, 5.74) is -0.535. The molecular weight excluding hydrogens is 377 g/mol. The zero-order valence-electron chi connectivity index (χ0n) is 13.4. The van der Waals surface area contributed by atoms with Crippen LogP contribution >= 0.6 is 12.2 Å². The van der Waals surface area contributed by atoms with Gasteiger partial charge in [-0.05, 0) is 30.4 Å². The molecule has 2 saturated heterocycles. The number of rotatable bonds is 4. The number of fused-ring (bicyclic) bond motifs is 1. The lowest BCUT2D eigenvalue weighted by Gasteiger charge is -2.26. The Kier molecular flexibility index (Phi) is 4.71. The Morgan fingerprint density at radius 2 is 1.96 bits per heavy atom. The molecule has 0 aliphatic carbocycles. The molecular formula is C15H17F3N2O3S2. The van der Waals surface area contributed by atoms with Gasteiger partial charge in [-0.15, -0.1) is 0 Å². The SMILES string of the molecule is COCCN1C(=S)N(c2cccc(C(F)(F)F)c2)[C@@H]2CS(=O)(=O)C[C@H]21. The molecule has 138 valence electrons. The molecule has 0 N–H and O–H groups in total. The average molecular weight is 394 g/mol. The summed E-state index contributed by atoms with van der Waals surface area (Å²) in [4.78, 5) is 3.28. The molecule has 1 aromatic carbocycles. The van der Waals surface area contributed by atoms with Gasteiger partial charge in [-0.3, -0.25) is 0 Å². The molecule has 3 rings (SSSR count). The Balaban J connectivity index is 1.99. The molecule has 0 bridgehead atoms. The van der Waals surface area contributed by atoms with E-state index in [1.807, 2.05) is 0 Å². The van der Waals surface area contributed by atoms with Crippen molar-refractivity contribution in [2.45, 2.75) is 18.3 Å². The first-order valence-electron chi connectivity index (χ1n) is 7.60. The van der Waals surface area contributed by atoms with Gasteiger partial charge in [-0.25, -0.2) is 8.42 Å². The van der Waals surface area contributed by atoms with Crippen LogP contribution in [0, 0.1) is 0 Å². The van der Waals surface area contributed by atoms with Crippen LogP contribution < -0.4 is 4.90 Å². The van der Waals surface area contributed by atoms with Crippen LogP contribution in [-0.4, -0.2) is 62.3 Å². The summed E-state index contributed by atoms with van der Waals surface area (Å²) in [6, 6.07) is 3.95. The highest BCUT2D eigenvalue weighted by molar-refractivity contribution is 7.91. The molecule has 5 nitrogen and oxygen atoms in total. The molecule has 2 heterocycles.